The first-order chi connectivity index (χ1) is 15.7. The Kier molecular flexibility index (Phi) is 7.63. The minimum Gasteiger partial charge on any atom is -0.497 e. The van der Waals surface area contributed by atoms with Gasteiger partial charge in [0.2, 0.25) is 10.0 Å². The third kappa shape index (κ3) is 6.28. The van der Waals surface area contributed by atoms with Crippen LogP contribution in [0.3, 0.4) is 0 Å². The second kappa shape index (κ2) is 10.4. The van der Waals surface area contributed by atoms with Gasteiger partial charge in [-0.15, -0.1) is 0 Å². The average molecular weight is 494 g/mol. The van der Waals surface area contributed by atoms with Crippen molar-refractivity contribution in [3.8, 4) is 11.4 Å². The third-order valence-corrected chi connectivity index (χ3v) is 6.09. The van der Waals surface area contributed by atoms with Gasteiger partial charge in [-0.2, -0.15) is 9.82 Å². The molecule has 1 heterocycles. The fraction of sp³-hybridized carbons (Fsp3) is 0.200. The van der Waals surface area contributed by atoms with Gasteiger partial charge in [0, 0.05) is 5.02 Å². The summed E-state index contributed by atoms with van der Waals surface area (Å²) in [5, 5.41) is 6.95. The van der Waals surface area contributed by atoms with E-state index in [0.29, 0.717) is 22.1 Å². The summed E-state index contributed by atoms with van der Waals surface area (Å²) in [7, 11) is -2.53. The van der Waals surface area contributed by atoms with E-state index in [9.17, 15) is 18.0 Å². The Hall–Kier alpha value is -3.48. The van der Waals surface area contributed by atoms with Crippen molar-refractivity contribution >= 4 is 39.2 Å². The van der Waals surface area contributed by atoms with E-state index in [4.69, 9.17) is 21.1 Å². The van der Waals surface area contributed by atoms with Crippen LogP contribution in [0.25, 0.3) is 5.69 Å². The minimum absolute atomic E-state index is 0.0534. The lowest BCUT2D eigenvalue weighted by molar-refractivity contribution is -0.148. The van der Waals surface area contributed by atoms with Crippen molar-refractivity contribution in [1.29, 1.82) is 0 Å². The summed E-state index contributed by atoms with van der Waals surface area (Å²) in [6.45, 7) is 0.665. The maximum atomic E-state index is 12.4. The first-order valence-electron chi connectivity index (χ1n) is 9.47. The number of hydrogen-bond donors (Lipinski definition) is 2. The molecule has 3 rings (SSSR count). The number of methoxy groups -OCH3 is 1. The number of ether oxygens (including phenoxy) is 2. The Bertz CT molecular complexity index is 1230. The van der Waals surface area contributed by atoms with Crippen molar-refractivity contribution in [2.24, 2.45) is 0 Å². The van der Waals surface area contributed by atoms with Crippen LogP contribution in [0.4, 0.5) is 5.69 Å². The van der Waals surface area contributed by atoms with E-state index in [-0.39, 0.29) is 4.90 Å². The maximum absolute atomic E-state index is 12.4. The number of benzene rings is 2. The van der Waals surface area contributed by atoms with Crippen molar-refractivity contribution in [3.05, 3.63) is 60.1 Å². The number of carbonyl (C=O) groups excluding carboxylic acids is 2. The molecule has 0 aliphatic heterocycles. The largest absolute Gasteiger partial charge is 0.497 e. The van der Waals surface area contributed by atoms with E-state index in [2.05, 4.69) is 20.1 Å². The number of rotatable bonds is 9. The molecule has 0 fully saturated rings. The molecule has 1 aromatic heterocycles. The Morgan fingerprint density at radius 1 is 1.18 bits per heavy atom. The van der Waals surface area contributed by atoms with Gasteiger partial charge in [0.05, 0.1) is 23.4 Å². The van der Waals surface area contributed by atoms with Gasteiger partial charge in [0.1, 0.15) is 24.4 Å². The number of amides is 1. The zero-order chi connectivity index (χ0) is 24.0. The quantitative estimate of drug-likeness (QED) is 0.429. The summed E-state index contributed by atoms with van der Waals surface area (Å²) in [6.07, 6.45) is 2.77. The first-order valence-corrected chi connectivity index (χ1v) is 11.3. The van der Waals surface area contributed by atoms with E-state index in [1.807, 2.05) is 0 Å². The van der Waals surface area contributed by atoms with Gasteiger partial charge in [0.15, 0.2) is 6.61 Å². The first kappa shape index (κ1) is 24.2. The molecule has 1 amide bonds. The number of nitrogens with zero attached hydrogens (tertiary/aromatic N) is 3. The SMILES string of the molecule is COc1ccc(S(=O)(=O)N[C@@H](C)C(=O)OCC(=O)Nc2cc(Cl)ccc2-n2cncn2)cc1. The lowest BCUT2D eigenvalue weighted by atomic mass is 10.2. The molecule has 11 nitrogen and oxygen atoms in total. The molecule has 0 saturated heterocycles. The van der Waals surface area contributed by atoms with Crippen LogP contribution in [0.1, 0.15) is 6.92 Å². The normalized spacial score (nSPS) is 12.1. The Morgan fingerprint density at radius 2 is 1.91 bits per heavy atom. The molecule has 1 atom stereocenters. The predicted octanol–water partition coefficient (Wildman–Crippen LogP) is 1.78. The summed E-state index contributed by atoms with van der Waals surface area (Å²) in [5.74, 6) is -1.10. The maximum Gasteiger partial charge on any atom is 0.324 e. The molecule has 0 radical (unpaired) electrons. The van der Waals surface area contributed by atoms with Crippen molar-refractivity contribution in [2.45, 2.75) is 17.9 Å². The van der Waals surface area contributed by atoms with Crippen LogP contribution in [0, 0.1) is 0 Å². The lowest BCUT2D eigenvalue weighted by Crippen LogP contribution is -2.40. The number of anilines is 1. The smallest absolute Gasteiger partial charge is 0.324 e. The molecule has 0 spiro atoms. The number of sulfonamides is 1. The van der Waals surface area contributed by atoms with Crippen molar-refractivity contribution < 1.29 is 27.5 Å². The molecule has 33 heavy (non-hydrogen) atoms. The molecule has 0 aliphatic rings. The number of carbonyl (C=O) groups is 2. The molecule has 2 aromatic carbocycles. The highest BCUT2D eigenvalue weighted by Gasteiger charge is 2.24. The summed E-state index contributed by atoms with van der Waals surface area (Å²) >= 11 is 6.01. The van der Waals surface area contributed by atoms with Gasteiger partial charge in [-0.1, -0.05) is 11.6 Å². The highest BCUT2D eigenvalue weighted by Crippen LogP contribution is 2.24. The van der Waals surface area contributed by atoms with Crippen molar-refractivity contribution in [3.63, 3.8) is 0 Å². The van der Waals surface area contributed by atoms with Crippen LogP contribution in [0.15, 0.2) is 60.0 Å². The second-order valence-corrected chi connectivity index (χ2v) is 8.83. The van der Waals surface area contributed by atoms with E-state index in [1.165, 1.54) is 61.7 Å². The summed E-state index contributed by atoms with van der Waals surface area (Å²) in [4.78, 5) is 28.3. The summed E-state index contributed by atoms with van der Waals surface area (Å²) in [5.41, 5.74) is 0.819. The van der Waals surface area contributed by atoms with Crippen molar-refractivity contribution in [1.82, 2.24) is 19.5 Å². The Balaban J connectivity index is 1.58. The monoisotopic (exact) mass is 493 g/mol. The molecule has 0 aliphatic carbocycles. The van der Waals surface area contributed by atoms with E-state index < -0.39 is 34.5 Å². The zero-order valence-corrected chi connectivity index (χ0v) is 19.1. The van der Waals surface area contributed by atoms with Gasteiger partial charge in [-0.3, -0.25) is 9.59 Å². The number of halogens is 1. The molecule has 13 heteroatoms. The van der Waals surface area contributed by atoms with Crippen LogP contribution in [-0.2, 0) is 24.3 Å². The molecule has 0 saturated carbocycles. The lowest BCUT2D eigenvalue weighted by Gasteiger charge is -2.15. The fourth-order valence-electron chi connectivity index (χ4n) is 2.69. The number of aromatic nitrogens is 3. The van der Waals surface area contributed by atoms with Gasteiger partial charge < -0.3 is 14.8 Å². The van der Waals surface area contributed by atoms with Gasteiger partial charge in [-0.25, -0.2) is 18.1 Å². The van der Waals surface area contributed by atoms with Gasteiger partial charge >= 0.3 is 5.97 Å². The van der Waals surface area contributed by atoms with E-state index >= 15 is 0 Å². The molecular formula is C20H20ClN5O6S. The van der Waals surface area contributed by atoms with Crippen LogP contribution in [-0.4, -0.2) is 54.8 Å². The average Bonchev–Trinajstić information content (AvgIpc) is 3.32. The summed E-state index contributed by atoms with van der Waals surface area (Å²) in [6, 6.07) is 9.15. The topological polar surface area (TPSA) is 142 Å². The van der Waals surface area contributed by atoms with Gasteiger partial charge in [-0.05, 0) is 49.4 Å². The van der Waals surface area contributed by atoms with E-state index in [1.54, 1.807) is 12.1 Å². The molecule has 0 unspecified atom stereocenters. The molecule has 0 bridgehead atoms. The van der Waals surface area contributed by atoms with Gasteiger partial charge in [0.25, 0.3) is 5.91 Å². The molecule has 174 valence electrons. The third-order valence-electron chi connectivity index (χ3n) is 4.30. The Morgan fingerprint density at radius 3 is 2.55 bits per heavy atom. The van der Waals surface area contributed by atoms with Crippen molar-refractivity contribution in [2.75, 3.05) is 19.0 Å². The number of esters is 1. The van der Waals surface area contributed by atoms with E-state index in [0.717, 1.165) is 0 Å². The van der Waals surface area contributed by atoms with Crippen LogP contribution < -0.4 is 14.8 Å². The van der Waals surface area contributed by atoms with Crippen LogP contribution >= 0.6 is 11.6 Å². The van der Waals surface area contributed by atoms with Crippen LogP contribution in [0.2, 0.25) is 5.02 Å². The standard InChI is InChI=1S/C20H20ClN5O6S/c1-13(25-33(29,30)16-6-4-15(31-2)5-7-16)20(28)32-10-19(27)24-17-9-14(21)3-8-18(17)26-12-22-11-23-26/h3-9,11-13,25H,10H2,1-2H3,(H,24,27)/t13-/m0/s1. The number of hydrogen-bond acceptors (Lipinski definition) is 8. The predicted molar refractivity (Wildman–Crippen MR) is 119 cm³/mol. The highest BCUT2D eigenvalue weighted by molar-refractivity contribution is 7.89. The molecule has 3 aromatic rings. The molecular weight excluding hydrogens is 474 g/mol. The number of nitrogens with one attached hydrogen (secondary N) is 2. The van der Waals surface area contributed by atoms with Crippen LogP contribution in [0.5, 0.6) is 5.75 Å². The molecule has 2 N–H and O–H groups in total. The zero-order valence-electron chi connectivity index (χ0n) is 17.6. The second-order valence-electron chi connectivity index (χ2n) is 6.68. The highest BCUT2D eigenvalue weighted by atomic mass is 35.5. The summed E-state index contributed by atoms with van der Waals surface area (Å²) < 4.78 is 38.5. The minimum atomic E-state index is -3.99. The Labute approximate surface area is 194 Å². The fourth-order valence-corrected chi connectivity index (χ4v) is 4.06.